The first-order chi connectivity index (χ1) is 11.1. The second-order valence-corrected chi connectivity index (χ2v) is 6.10. The second-order valence-electron chi connectivity index (χ2n) is 5.77. The lowest BCUT2D eigenvalue weighted by Crippen LogP contribution is -2.34. The van der Waals surface area contributed by atoms with Crippen LogP contribution in [-0.2, 0) is 0 Å². The summed E-state index contributed by atoms with van der Waals surface area (Å²) in [4.78, 5) is 14.8. The number of hydrogen-bond acceptors (Lipinski definition) is 5. The van der Waals surface area contributed by atoms with E-state index < -0.39 is 0 Å². The third kappa shape index (κ3) is 4.07. The molecule has 0 aliphatic heterocycles. The average Bonchev–Trinajstić information content (AvgIpc) is 2.54. The Kier molecular flexibility index (Phi) is 4.91. The van der Waals surface area contributed by atoms with E-state index in [0.717, 1.165) is 12.8 Å². The zero-order valence-electron chi connectivity index (χ0n) is 13.0. The van der Waals surface area contributed by atoms with E-state index >= 15 is 0 Å². The van der Waals surface area contributed by atoms with E-state index in [0.29, 0.717) is 23.6 Å². The largest absolute Gasteiger partial charge is 0.341 e. The highest BCUT2D eigenvalue weighted by atomic mass is 35.5. The molecule has 3 rings (SSSR count). The van der Waals surface area contributed by atoms with Crippen LogP contribution in [0.3, 0.4) is 0 Å². The number of hydrogen-bond donors (Lipinski definition) is 1. The van der Waals surface area contributed by atoms with Gasteiger partial charge in [0.25, 0.3) is 0 Å². The molecule has 1 aromatic carbocycles. The van der Waals surface area contributed by atoms with Crippen molar-refractivity contribution >= 4 is 29.2 Å². The van der Waals surface area contributed by atoms with Crippen molar-refractivity contribution in [1.82, 2.24) is 15.0 Å². The van der Waals surface area contributed by atoms with Gasteiger partial charge in [-0.1, -0.05) is 25.3 Å². The predicted molar refractivity (Wildman–Crippen MR) is 89.8 cm³/mol. The van der Waals surface area contributed by atoms with Gasteiger partial charge in [-0.3, -0.25) is 0 Å². The maximum absolute atomic E-state index is 13.3. The smallest absolute Gasteiger partial charge is 0.233 e. The number of halogens is 2. The van der Waals surface area contributed by atoms with Gasteiger partial charge in [0.05, 0.1) is 0 Å². The third-order valence-electron chi connectivity index (χ3n) is 4.11. The zero-order valence-corrected chi connectivity index (χ0v) is 13.7. The van der Waals surface area contributed by atoms with Crippen LogP contribution in [0, 0.1) is 5.82 Å². The van der Waals surface area contributed by atoms with Crippen LogP contribution in [0.5, 0.6) is 0 Å². The molecular weight excluding hydrogens is 317 g/mol. The van der Waals surface area contributed by atoms with E-state index in [-0.39, 0.29) is 11.1 Å². The molecule has 1 aliphatic rings. The fourth-order valence-corrected chi connectivity index (χ4v) is 3.04. The number of rotatable bonds is 4. The second kappa shape index (κ2) is 7.08. The van der Waals surface area contributed by atoms with Crippen molar-refractivity contribution in [3.63, 3.8) is 0 Å². The first-order valence-electron chi connectivity index (χ1n) is 7.79. The van der Waals surface area contributed by atoms with Crippen LogP contribution in [0.15, 0.2) is 24.3 Å². The van der Waals surface area contributed by atoms with Gasteiger partial charge in [0.1, 0.15) is 5.82 Å². The van der Waals surface area contributed by atoms with Gasteiger partial charge in [-0.2, -0.15) is 15.0 Å². The minimum Gasteiger partial charge on any atom is -0.341 e. The topological polar surface area (TPSA) is 53.9 Å². The van der Waals surface area contributed by atoms with Gasteiger partial charge < -0.3 is 10.2 Å². The van der Waals surface area contributed by atoms with Crippen molar-refractivity contribution in [2.24, 2.45) is 0 Å². The summed E-state index contributed by atoms with van der Waals surface area (Å²) in [6.45, 7) is 0. The molecule has 5 nitrogen and oxygen atoms in total. The Morgan fingerprint density at radius 3 is 2.70 bits per heavy atom. The van der Waals surface area contributed by atoms with E-state index in [1.165, 1.54) is 31.4 Å². The molecule has 0 unspecified atom stereocenters. The SMILES string of the molecule is CN(c1nc(Cl)nc(Nc2cccc(F)c2)n1)C1CCCCC1. The molecule has 0 spiro atoms. The number of aromatic nitrogens is 3. The highest BCUT2D eigenvalue weighted by Gasteiger charge is 2.21. The Bertz CT molecular complexity index is 675. The molecule has 0 radical (unpaired) electrons. The van der Waals surface area contributed by atoms with Crippen LogP contribution in [-0.4, -0.2) is 28.0 Å². The Labute approximate surface area is 139 Å². The van der Waals surface area contributed by atoms with Crippen LogP contribution >= 0.6 is 11.6 Å². The Morgan fingerprint density at radius 1 is 1.17 bits per heavy atom. The lowest BCUT2D eigenvalue weighted by molar-refractivity contribution is 0.424. The number of anilines is 3. The molecule has 7 heteroatoms. The monoisotopic (exact) mass is 335 g/mol. The quantitative estimate of drug-likeness (QED) is 0.908. The summed E-state index contributed by atoms with van der Waals surface area (Å²) in [6.07, 6.45) is 6.00. The molecular formula is C16H19ClFN5. The summed E-state index contributed by atoms with van der Waals surface area (Å²) in [6, 6.07) is 6.54. The van der Waals surface area contributed by atoms with E-state index in [1.807, 2.05) is 7.05 Å². The van der Waals surface area contributed by atoms with Crippen LogP contribution in [0.2, 0.25) is 5.28 Å². The lowest BCUT2D eigenvalue weighted by atomic mass is 9.95. The van der Waals surface area contributed by atoms with Crippen LogP contribution in [0.4, 0.5) is 22.0 Å². The van der Waals surface area contributed by atoms with Crippen LogP contribution in [0.1, 0.15) is 32.1 Å². The van der Waals surface area contributed by atoms with E-state index in [2.05, 4.69) is 25.2 Å². The van der Waals surface area contributed by atoms with Crippen molar-refractivity contribution in [3.8, 4) is 0 Å². The first-order valence-corrected chi connectivity index (χ1v) is 8.16. The maximum atomic E-state index is 13.3. The lowest BCUT2D eigenvalue weighted by Gasteiger charge is -2.31. The van der Waals surface area contributed by atoms with E-state index in [4.69, 9.17) is 11.6 Å². The van der Waals surface area contributed by atoms with Crippen molar-refractivity contribution in [2.45, 2.75) is 38.1 Å². The van der Waals surface area contributed by atoms with Crippen molar-refractivity contribution in [3.05, 3.63) is 35.4 Å². The molecule has 1 aromatic heterocycles. The van der Waals surface area contributed by atoms with Gasteiger partial charge in [-0.15, -0.1) is 0 Å². The van der Waals surface area contributed by atoms with Crippen LogP contribution < -0.4 is 10.2 Å². The standard InChI is InChI=1S/C16H19ClFN5/c1-23(13-8-3-2-4-9-13)16-21-14(17)20-15(22-16)19-12-7-5-6-11(18)10-12/h5-7,10,13H,2-4,8-9H2,1H3,(H,19,20,21,22). The van der Waals surface area contributed by atoms with Gasteiger partial charge in [0, 0.05) is 18.8 Å². The highest BCUT2D eigenvalue weighted by Crippen LogP contribution is 2.25. The number of benzene rings is 1. The normalized spacial score (nSPS) is 15.4. The van der Waals surface area contributed by atoms with Gasteiger partial charge in [0.15, 0.2) is 0 Å². The molecule has 1 aliphatic carbocycles. The fraction of sp³-hybridized carbons (Fsp3) is 0.438. The molecule has 0 atom stereocenters. The van der Waals surface area contributed by atoms with Crippen molar-refractivity contribution < 1.29 is 4.39 Å². The Morgan fingerprint density at radius 2 is 1.96 bits per heavy atom. The molecule has 1 N–H and O–H groups in total. The Balaban J connectivity index is 1.80. The van der Waals surface area contributed by atoms with Crippen molar-refractivity contribution in [1.29, 1.82) is 0 Å². The molecule has 0 bridgehead atoms. The molecule has 122 valence electrons. The summed E-state index contributed by atoms with van der Waals surface area (Å²) >= 11 is 6.03. The maximum Gasteiger partial charge on any atom is 0.233 e. The number of nitrogens with zero attached hydrogens (tertiary/aromatic N) is 4. The molecule has 1 saturated carbocycles. The first kappa shape index (κ1) is 15.9. The number of nitrogens with one attached hydrogen (secondary N) is 1. The summed E-state index contributed by atoms with van der Waals surface area (Å²) in [5.74, 6) is 0.527. The highest BCUT2D eigenvalue weighted by molar-refractivity contribution is 6.28. The van der Waals surface area contributed by atoms with Gasteiger partial charge in [-0.25, -0.2) is 4.39 Å². The van der Waals surface area contributed by atoms with E-state index in [1.54, 1.807) is 12.1 Å². The summed E-state index contributed by atoms with van der Waals surface area (Å²) in [5.41, 5.74) is 0.568. The minimum atomic E-state index is -0.324. The molecule has 0 saturated heterocycles. The molecule has 0 amide bonds. The van der Waals surface area contributed by atoms with Crippen molar-refractivity contribution in [2.75, 3.05) is 17.3 Å². The average molecular weight is 336 g/mol. The molecule has 2 aromatic rings. The minimum absolute atomic E-state index is 0.122. The zero-order chi connectivity index (χ0) is 16.2. The van der Waals surface area contributed by atoms with Crippen LogP contribution in [0.25, 0.3) is 0 Å². The van der Waals surface area contributed by atoms with Gasteiger partial charge in [0.2, 0.25) is 17.2 Å². The fourth-order valence-electron chi connectivity index (χ4n) is 2.88. The predicted octanol–water partition coefficient (Wildman–Crippen LogP) is 4.18. The third-order valence-corrected chi connectivity index (χ3v) is 4.28. The molecule has 1 fully saturated rings. The molecule has 1 heterocycles. The Hall–Kier alpha value is -1.95. The summed E-state index contributed by atoms with van der Waals surface area (Å²) in [7, 11) is 1.98. The van der Waals surface area contributed by atoms with Gasteiger partial charge in [-0.05, 0) is 42.6 Å². The van der Waals surface area contributed by atoms with E-state index in [9.17, 15) is 4.39 Å². The summed E-state index contributed by atoms with van der Waals surface area (Å²) < 4.78 is 13.3. The summed E-state index contributed by atoms with van der Waals surface area (Å²) in [5, 5.41) is 3.09. The van der Waals surface area contributed by atoms with Gasteiger partial charge >= 0.3 is 0 Å². The molecule has 23 heavy (non-hydrogen) atoms.